The summed E-state index contributed by atoms with van der Waals surface area (Å²) >= 11 is 6.05. The van der Waals surface area contributed by atoms with Crippen LogP contribution in [0.25, 0.3) is 0 Å². The lowest BCUT2D eigenvalue weighted by Crippen LogP contribution is -2.43. The molecule has 1 saturated heterocycles. The highest BCUT2D eigenvalue weighted by Gasteiger charge is 2.21. The standard InChI is InChI=1S/C15H20ClN3O2/c1-19(2)15(21)11-9-10(6-7-12(11)16)18-14(20)13-5-3-4-8-17-13/h6-7,9,13,17H,3-5,8H2,1-2H3,(H,18,20)/t13-/m1/s1. The fourth-order valence-electron chi connectivity index (χ4n) is 2.31. The third kappa shape index (κ3) is 3.95. The summed E-state index contributed by atoms with van der Waals surface area (Å²) in [5.74, 6) is -0.257. The van der Waals surface area contributed by atoms with Crippen LogP contribution >= 0.6 is 11.6 Å². The van der Waals surface area contributed by atoms with Crippen molar-refractivity contribution in [1.29, 1.82) is 0 Å². The van der Waals surface area contributed by atoms with E-state index >= 15 is 0 Å². The SMILES string of the molecule is CN(C)C(=O)c1cc(NC(=O)[C@H]2CCCCN2)ccc1Cl. The second-order valence-electron chi connectivity index (χ2n) is 5.39. The van der Waals surface area contributed by atoms with Crippen molar-refractivity contribution < 1.29 is 9.59 Å². The number of hydrogen-bond donors (Lipinski definition) is 2. The van der Waals surface area contributed by atoms with E-state index in [1.165, 1.54) is 4.90 Å². The van der Waals surface area contributed by atoms with Gasteiger partial charge in [0.2, 0.25) is 5.91 Å². The molecule has 1 aromatic carbocycles. The minimum atomic E-state index is -0.188. The van der Waals surface area contributed by atoms with E-state index in [9.17, 15) is 9.59 Å². The van der Waals surface area contributed by atoms with Crippen molar-refractivity contribution in [3.63, 3.8) is 0 Å². The zero-order valence-corrected chi connectivity index (χ0v) is 13.0. The number of piperidine rings is 1. The summed E-state index contributed by atoms with van der Waals surface area (Å²) < 4.78 is 0. The summed E-state index contributed by atoms with van der Waals surface area (Å²) in [7, 11) is 3.33. The van der Waals surface area contributed by atoms with Gasteiger partial charge in [-0.3, -0.25) is 9.59 Å². The topological polar surface area (TPSA) is 61.4 Å². The number of rotatable bonds is 3. The van der Waals surface area contributed by atoms with Crippen LogP contribution in [0.15, 0.2) is 18.2 Å². The fourth-order valence-corrected chi connectivity index (χ4v) is 2.51. The maximum absolute atomic E-state index is 12.2. The van der Waals surface area contributed by atoms with Crippen molar-refractivity contribution in [1.82, 2.24) is 10.2 Å². The third-order valence-corrected chi connectivity index (χ3v) is 3.83. The number of halogens is 1. The van der Waals surface area contributed by atoms with Gasteiger partial charge in [0.05, 0.1) is 16.6 Å². The van der Waals surface area contributed by atoms with E-state index in [4.69, 9.17) is 11.6 Å². The van der Waals surface area contributed by atoms with Gasteiger partial charge in [-0.1, -0.05) is 18.0 Å². The highest BCUT2D eigenvalue weighted by molar-refractivity contribution is 6.34. The van der Waals surface area contributed by atoms with Gasteiger partial charge in [-0.15, -0.1) is 0 Å². The molecular weight excluding hydrogens is 290 g/mol. The van der Waals surface area contributed by atoms with Gasteiger partial charge >= 0.3 is 0 Å². The number of anilines is 1. The second kappa shape index (κ2) is 6.91. The molecule has 0 aliphatic carbocycles. The summed E-state index contributed by atoms with van der Waals surface area (Å²) in [5.41, 5.74) is 0.970. The molecule has 0 radical (unpaired) electrons. The molecule has 2 amide bonds. The number of carbonyl (C=O) groups excluding carboxylic acids is 2. The summed E-state index contributed by atoms with van der Waals surface area (Å²) in [6.45, 7) is 0.864. The zero-order valence-electron chi connectivity index (χ0n) is 12.3. The maximum atomic E-state index is 12.2. The quantitative estimate of drug-likeness (QED) is 0.899. The Balaban J connectivity index is 2.11. The molecule has 0 aromatic heterocycles. The van der Waals surface area contributed by atoms with Gasteiger partial charge in [0.1, 0.15) is 0 Å². The molecule has 1 fully saturated rings. The molecule has 0 spiro atoms. The number of nitrogens with zero attached hydrogens (tertiary/aromatic N) is 1. The van der Waals surface area contributed by atoms with E-state index in [1.54, 1.807) is 32.3 Å². The maximum Gasteiger partial charge on any atom is 0.254 e. The van der Waals surface area contributed by atoms with Gasteiger partial charge < -0.3 is 15.5 Å². The Kier molecular flexibility index (Phi) is 5.20. The minimum absolute atomic E-state index is 0.0692. The number of nitrogens with one attached hydrogen (secondary N) is 2. The zero-order chi connectivity index (χ0) is 15.4. The third-order valence-electron chi connectivity index (χ3n) is 3.50. The van der Waals surface area contributed by atoms with E-state index in [-0.39, 0.29) is 17.9 Å². The molecule has 0 bridgehead atoms. The lowest BCUT2D eigenvalue weighted by Gasteiger charge is -2.22. The van der Waals surface area contributed by atoms with Crippen molar-refractivity contribution >= 4 is 29.1 Å². The molecular formula is C15H20ClN3O2. The molecule has 1 heterocycles. The van der Waals surface area contributed by atoms with Gasteiger partial charge in [0.25, 0.3) is 5.91 Å². The molecule has 1 aromatic rings. The van der Waals surface area contributed by atoms with Crippen LogP contribution in [0.4, 0.5) is 5.69 Å². The molecule has 5 nitrogen and oxygen atoms in total. The average molecular weight is 310 g/mol. The van der Waals surface area contributed by atoms with Crippen LogP contribution in [0.3, 0.4) is 0 Å². The largest absolute Gasteiger partial charge is 0.345 e. The first-order valence-corrected chi connectivity index (χ1v) is 7.42. The van der Waals surface area contributed by atoms with Crippen LogP contribution in [-0.4, -0.2) is 43.4 Å². The van der Waals surface area contributed by atoms with E-state index in [2.05, 4.69) is 10.6 Å². The Bertz CT molecular complexity index is 540. The first-order chi connectivity index (χ1) is 9.99. The Hall–Kier alpha value is -1.59. The summed E-state index contributed by atoms with van der Waals surface area (Å²) in [6.07, 6.45) is 2.99. The molecule has 0 saturated carbocycles. The van der Waals surface area contributed by atoms with E-state index in [0.717, 1.165) is 25.8 Å². The van der Waals surface area contributed by atoms with Gasteiger partial charge in [-0.25, -0.2) is 0 Å². The predicted molar refractivity (Wildman–Crippen MR) is 83.7 cm³/mol. The van der Waals surface area contributed by atoms with Gasteiger partial charge in [-0.2, -0.15) is 0 Å². The first kappa shape index (κ1) is 15.8. The smallest absolute Gasteiger partial charge is 0.254 e. The Morgan fingerprint density at radius 1 is 1.33 bits per heavy atom. The molecule has 114 valence electrons. The lowest BCUT2D eigenvalue weighted by atomic mass is 10.0. The average Bonchev–Trinajstić information content (AvgIpc) is 2.49. The van der Waals surface area contributed by atoms with E-state index < -0.39 is 0 Å². The van der Waals surface area contributed by atoms with Crippen molar-refractivity contribution in [2.24, 2.45) is 0 Å². The van der Waals surface area contributed by atoms with Crippen LogP contribution in [-0.2, 0) is 4.79 Å². The van der Waals surface area contributed by atoms with Crippen molar-refractivity contribution in [3.8, 4) is 0 Å². The van der Waals surface area contributed by atoms with Crippen LogP contribution in [0.5, 0.6) is 0 Å². The minimum Gasteiger partial charge on any atom is -0.345 e. The predicted octanol–water partition coefficient (Wildman–Crippen LogP) is 2.12. The van der Waals surface area contributed by atoms with Gasteiger partial charge in [0, 0.05) is 19.8 Å². The summed E-state index contributed by atoms with van der Waals surface area (Å²) in [5, 5.41) is 6.41. The molecule has 0 unspecified atom stereocenters. The lowest BCUT2D eigenvalue weighted by molar-refractivity contribution is -0.118. The van der Waals surface area contributed by atoms with Crippen molar-refractivity contribution in [3.05, 3.63) is 28.8 Å². The highest BCUT2D eigenvalue weighted by Crippen LogP contribution is 2.22. The molecule has 2 rings (SSSR count). The van der Waals surface area contributed by atoms with Crippen molar-refractivity contribution in [2.75, 3.05) is 26.0 Å². The normalized spacial score (nSPS) is 18.1. The summed E-state index contributed by atoms with van der Waals surface area (Å²) in [6, 6.07) is 4.78. The van der Waals surface area contributed by atoms with Gasteiger partial charge in [0.15, 0.2) is 0 Å². The molecule has 1 atom stereocenters. The first-order valence-electron chi connectivity index (χ1n) is 7.04. The Morgan fingerprint density at radius 3 is 2.71 bits per heavy atom. The number of amides is 2. The number of hydrogen-bond acceptors (Lipinski definition) is 3. The van der Waals surface area contributed by atoms with Crippen LogP contribution < -0.4 is 10.6 Å². The summed E-state index contributed by atoms with van der Waals surface area (Å²) in [4.78, 5) is 25.6. The molecule has 2 N–H and O–H groups in total. The molecule has 1 aliphatic heterocycles. The van der Waals surface area contributed by atoms with Gasteiger partial charge in [-0.05, 0) is 37.6 Å². The molecule has 21 heavy (non-hydrogen) atoms. The Morgan fingerprint density at radius 2 is 2.10 bits per heavy atom. The van der Waals surface area contributed by atoms with E-state index in [1.807, 2.05) is 0 Å². The number of benzene rings is 1. The van der Waals surface area contributed by atoms with Crippen LogP contribution in [0.1, 0.15) is 29.6 Å². The Labute approximate surface area is 129 Å². The monoisotopic (exact) mass is 309 g/mol. The van der Waals surface area contributed by atoms with Crippen LogP contribution in [0.2, 0.25) is 5.02 Å². The fraction of sp³-hybridized carbons (Fsp3) is 0.467. The highest BCUT2D eigenvalue weighted by atomic mass is 35.5. The van der Waals surface area contributed by atoms with Crippen molar-refractivity contribution in [2.45, 2.75) is 25.3 Å². The molecule has 6 heteroatoms. The second-order valence-corrected chi connectivity index (χ2v) is 5.79. The van der Waals surface area contributed by atoms with E-state index in [0.29, 0.717) is 16.3 Å². The van der Waals surface area contributed by atoms with Crippen LogP contribution in [0, 0.1) is 0 Å². The molecule has 1 aliphatic rings. The number of carbonyl (C=O) groups is 2.